The van der Waals surface area contributed by atoms with Crippen molar-refractivity contribution in [2.75, 3.05) is 12.3 Å². The monoisotopic (exact) mass is 564 g/mol. The number of nitrogen functional groups attached to an aromatic ring is 1. The minimum Gasteiger partial charge on any atom is -0.493 e. The predicted molar refractivity (Wildman–Crippen MR) is 149 cm³/mol. The number of sulfonamides is 1. The first kappa shape index (κ1) is 28.5. The number of aromatic nitrogens is 2. The lowest BCUT2D eigenvalue weighted by molar-refractivity contribution is 0.0973. The van der Waals surface area contributed by atoms with Crippen molar-refractivity contribution >= 4 is 21.7 Å². The van der Waals surface area contributed by atoms with Gasteiger partial charge in [0.15, 0.2) is 5.03 Å². The number of carbonyl (C=O) groups is 1. The lowest BCUT2D eigenvalue weighted by Gasteiger charge is -2.18. The average molecular weight is 565 g/mol. The number of amides is 1. The van der Waals surface area contributed by atoms with Crippen LogP contribution in [0.1, 0.15) is 42.8 Å². The van der Waals surface area contributed by atoms with Crippen LogP contribution in [0.15, 0.2) is 83.9 Å². The van der Waals surface area contributed by atoms with Crippen LogP contribution in [0.2, 0.25) is 0 Å². The van der Waals surface area contributed by atoms with Crippen LogP contribution in [0.5, 0.6) is 11.6 Å². The topological polar surface area (TPSA) is 134 Å². The normalized spacial score (nSPS) is 12.1. The number of nitrogens with zero attached hydrogens (tertiary/aromatic N) is 2. The molecule has 0 bridgehead atoms. The molecule has 2 aromatic heterocycles. The summed E-state index contributed by atoms with van der Waals surface area (Å²) in [6.07, 6.45) is -0.555. The summed E-state index contributed by atoms with van der Waals surface area (Å²) >= 11 is 0. The molecule has 208 valence electrons. The Morgan fingerprint density at radius 1 is 0.975 bits per heavy atom. The molecule has 3 N–H and O–H groups in total. The third-order valence-corrected chi connectivity index (χ3v) is 6.89. The minimum absolute atomic E-state index is 0.0195. The summed E-state index contributed by atoms with van der Waals surface area (Å²) in [5, 5.41) is -0.417. The number of anilines is 1. The van der Waals surface area contributed by atoms with Gasteiger partial charge in [-0.1, -0.05) is 50.2 Å². The number of nitrogens with two attached hydrogens (primary N) is 1. The Bertz CT molecular complexity index is 1610. The first-order valence-electron chi connectivity index (χ1n) is 12.5. The van der Waals surface area contributed by atoms with Crippen molar-refractivity contribution in [1.82, 2.24) is 14.7 Å². The number of carbonyl (C=O) groups excluding carboxylic acids is 1. The standard InChI is InChI=1S/C29H29FN4O5S/c1-18(2)17-38-23-15-21(14-22(30)16-23)25-13-12-24(29(32-25)39-19(3)20-8-5-4-6-9-20)28(35)34-40(36,37)27-11-7-10-26(31)33-27/h4-16,18-19H,17H2,1-3H3,(H2,31,33)(H,34,35). The van der Waals surface area contributed by atoms with E-state index in [2.05, 4.69) is 9.97 Å². The number of hydrogen-bond donors (Lipinski definition) is 2. The van der Waals surface area contributed by atoms with E-state index < -0.39 is 32.9 Å². The van der Waals surface area contributed by atoms with E-state index in [1.807, 2.05) is 48.9 Å². The van der Waals surface area contributed by atoms with Gasteiger partial charge >= 0.3 is 0 Å². The predicted octanol–water partition coefficient (Wildman–Crippen LogP) is 5.16. The molecule has 1 atom stereocenters. The second-order valence-corrected chi connectivity index (χ2v) is 11.1. The van der Waals surface area contributed by atoms with E-state index in [4.69, 9.17) is 15.2 Å². The lowest BCUT2D eigenvalue weighted by Crippen LogP contribution is -2.31. The minimum atomic E-state index is -4.35. The van der Waals surface area contributed by atoms with Crippen molar-refractivity contribution in [3.8, 4) is 22.9 Å². The number of ether oxygens (including phenoxy) is 2. The third-order valence-electron chi connectivity index (χ3n) is 5.66. The third kappa shape index (κ3) is 7.11. The van der Waals surface area contributed by atoms with Gasteiger partial charge in [-0.2, -0.15) is 8.42 Å². The zero-order valence-electron chi connectivity index (χ0n) is 22.2. The number of benzene rings is 2. The summed E-state index contributed by atoms with van der Waals surface area (Å²) in [5.41, 5.74) is 6.94. The maximum absolute atomic E-state index is 14.5. The highest BCUT2D eigenvalue weighted by molar-refractivity contribution is 7.90. The molecule has 40 heavy (non-hydrogen) atoms. The molecule has 0 spiro atoms. The summed E-state index contributed by atoms with van der Waals surface area (Å²) in [7, 11) is -4.35. The Kier molecular flexibility index (Phi) is 8.64. The van der Waals surface area contributed by atoms with E-state index in [1.54, 1.807) is 13.0 Å². The summed E-state index contributed by atoms with van der Waals surface area (Å²) in [4.78, 5) is 21.5. The van der Waals surface area contributed by atoms with Crippen LogP contribution in [0.4, 0.5) is 10.2 Å². The highest BCUT2D eigenvalue weighted by Crippen LogP contribution is 2.30. The van der Waals surface area contributed by atoms with Crippen LogP contribution in [0.25, 0.3) is 11.3 Å². The average Bonchev–Trinajstić information content (AvgIpc) is 2.91. The van der Waals surface area contributed by atoms with E-state index in [0.29, 0.717) is 23.6 Å². The summed E-state index contributed by atoms with van der Waals surface area (Å²) < 4.78 is 53.9. The molecule has 0 aliphatic rings. The maximum Gasteiger partial charge on any atom is 0.281 e. The van der Waals surface area contributed by atoms with Crippen LogP contribution < -0.4 is 19.9 Å². The fourth-order valence-corrected chi connectivity index (χ4v) is 4.63. The molecule has 11 heteroatoms. The van der Waals surface area contributed by atoms with E-state index >= 15 is 0 Å². The molecule has 2 aromatic carbocycles. The Labute approximate surface area is 232 Å². The van der Waals surface area contributed by atoms with Gasteiger partial charge in [0.25, 0.3) is 15.9 Å². The van der Waals surface area contributed by atoms with Crippen molar-refractivity contribution in [3.05, 3.63) is 95.8 Å². The molecule has 4 rings (SSSR count). The molecule has 0 aliphatic heterocycles. The van der Waals surface area contributed by atoms with Crippen LogP contribution in [0.3, 0.4) is 0 Å². The van der Waals surface area contributed by atoms with Gasteiger partial charge in [-0.15, -0.1) is 0 Å². The largest absolute Gasteiger partial charge is 0.493 e. The van der Waals surface area contributed by atoms with E-state index in [1.165, 1.54) is 42.5 Å². The fraction of sp³-hybridized carbons (Fsp3) is 0.207. The number of pyridine rings is 2. The number of hydrogen-bond acceptors (Lipinski definition) is 8. The second-order valence-electron chi connectivity index (χ2n) is 9.44. The quantitative estimate of drug-likeness (QED) is 0.270. The van der Waals surface area contributed by atoms with Gasteiger partial charge in [0.1, 0.15) is 29.1 Å². The van der Waals surface area contributed by atoms with Crippen LogP contribution in [0, 0.1) is 11.7 Å². The Morgan fingerprint density at radius 2 is 1.73 bits per heavy atom. The Balaban J connectivity index is 1.72. The van der Waals surface area contributed by atoms with E-state index in [0.717, 1.165) is 5.56 Å². The SMILES string of the molecule is CC(C)COc1cc(F)cc(-c2ccc(C(=O)NS(=O)(=O)c3cccc(N)n3)c(OC(C)c3ccccc3)n2)c1. The fourth-order valence-electron chi connectivity index (χ4n) is 3.69. The highest BCUT2D eigenvalue weighted by atomic mass is 32.2. The van der Waals surface area contributed by atoms with Crippen molar-refractivity contribution in [2.45, 2.75) is 31.9 Å². The smallest absolute Gasteiger partial charge is 0.281 e. The summed E-state index contributed by atoms with van der Waals surface area (Å²) in [6, 6.07) is 20.3. The van der Waals surface area contributed by atoms with Gasteiger partial charge in [-0.25, -0.2) is 19.1 Å². The van der Waals surface area contributed by atoms with Gasteiger partial charge in [0, 0.05) is 11.6 Å². The summed E-state index contributed by atoms with van der Waals surface area (Å²) in [5.74, 6) is -1.11. The summed E-state index contributed by atoms with van der Waals surface area (Å²) in [6.45, 7) is 6.12. The molecular weight excluding hydrogens is 535 g/mol. The first-order chi connectivity index (χ1) is 19.0. The van der Waals surface area contributed by atoms with Crippen molar-refractivity contribution < 1.29 is 27.1 Å². The van der Waals surface area contributed by atoms with Crippen molar-refractivity contribution in [1.29, 1.82) is 0 Å². The first-order valence-corrected chi connectivity index (χ1v) is 14.0. The molecule has 9 nitrogen and oxygen atoms in total. The zero-order chi connectivity index (χ0) is 28.9. The van der Waals surface area contributed by atoms with E-state index in [9.17, 15) is 17.6 Å². The van der Waals surface area contributed by atoms with Crippen molar-refractivity contribution in [2.24, 2.45) is 5.92 Å². The van der Waals surface area contributed by atoms with Gasteiger partial charge in [-0.05, 0) is 54.8 Å². The molecule has 0 aliphatic carbocycles. The molecule has 1 amide bonds. The van der Waals surface area contributed by atoms with Gasteiger partial charge in [0.05, 0.1) is 12.3 Å². The number of nitrogens with one attached hydrogen (secondary N) is 1. The zero-order valence-corrected chi connectivity index (χ0v) is 23.0. The molecule has 4 aromatic rings. The van der Waals surface area contributed by atoms with E-state index in [-0.39, 0.29) is 23.2 Å². The van der Waals surface area contributed by atoms with Crippen LogP contribution >= 0.6 is 0 Å². The number of rotatable bonds is 10. The maximum atomic E-state index is 14.5. The van der Waals surface area contributed by atoms with Crippen LogP contribution in [-0.4, -0.2) is 30.9 Å². The molecule has 0 radical (unpaired) electrons. The Hall–Kier alpha value is -4.51. The molecule has 2 heterocycles. The van der Waals surface area contributed by atoms with Gasteiger partial charge < -0.3 is 15.2 Å². The van der Waals surface area contributed by atoms with Gasteiger partial charge in [-0.3, -0.25) is 4.79 Å². The Morgan fingerprint density at radius 3 is 2.42 bits per heavy atom. The molecule has 1 unspecified atom stereocenters. The second kappa shape index (κ2) is 12.1. The van der Waals surface area contributed by atoms with Gasteiger partial charge in [0.2, 0.25) is 5.88 Å². The van der Waals surface area contributed by atoms with Crippen molar-refractivity contribution in [3.63, 3.8) is 0 Å². The highest BCUT2D eigenvalue weighted by Gasteiger charge is 2.25. The molecule has 0 saturated heterocycles. The molecular formula is C29H29FN4O5S. The molecule has 0 fully saturated rings. The number of halogens is 1. The van der Waals surface area contributed by atoms with Crippen LogP contribution in [-0.2, 0) is 10.0 Å². The lowest BCUT2D eigenvalue weighted by atomic mass is 10.1. The molecule has 0 saturated carbocycles.